The summed E-state index contributed by atoms with van der Waals surface area (Å²) in [5, 5.41) is 7.69. The summed E-state index contributed by atoms with van der Waals surface area (Å²) in [7, 11) is -3.80. The fourth-order valence-corrected chi connectivity index (χ4v) is 2.67. The lowest BCUT2D eigenvalue weighted by atomic mass is 10.1. The maximum Gasteiger partial charge on any atom is 0.238 e. The number of primary sulfonamides is 1. The van der Waals surface area contributed by atoms with E-state index in [0.29, 0.717) is 5.69 Å². The molecule has 2 rings (SSSR count). The molecule has 0 radical (unpaired) electrons. The Kier molecular flexibility index (Phi) is 5.58. The standard InChI is InChI=1S/C17H20N2O4S/c1-12-5-3-8-16(13(12)2)23-10-9-17(20)19-14-6-4-7-15(11-14)24(18,21)22/h3-8,11H,9-10H2,1-2H3,(H,19,20)(H2,18,21,22). The minimum absolute atomic E-state index is 0.0491. The zero-order valence-corrected chi connectivity index (χ0v) is 14.4. The number of benzene rings is 2. The highest BCUT2D eigenvalue weighted by atomic mass is 32.2. The van der Waals surface area contributed by atoms with Gasteiger partial charge in [-0.3, -0.25) is 4.79 Å². The molecule has 128 valence electrons. The molecule has 0 bridgehead atoms. The molecule has 0 unspecified atom stereocenters. The number of hydrogen-bond acceptors (Lipinski definition) is 4. The van der Waals surface area contributed by atoms with Gasteiger partial charge in [-0.25, -0.2) is 13.6 Å². The monoisotopic (exact) mass is 348 g/mol. The van der Waals surface area contributed by atoms with E-state index in [4.69, 9.17) is 9.88 Å². The van der Waals surface area contributed by atoms with E-state index < -0.39 is 10.0 Å². The Morgan fingerprint density at radius 3 is 2.58 bits per heavy atom. The molecule has 0 spiro atoms. The van der Waals surface area contributed by atoms with Crippen LogP contribution in [0.5, 0.6) is 5.75 Å². The van der Waals surface area contributed by atoms with Crippen molar-refractivity contribution in [1.29, 1.82) is 0 Å². The van der Waals surface area contributed by atoms with E-state index in [1.54, 1.807) is 6.07 Å². The van der Waals surface area contributed by atoms with Gasteiger partial charge in [0.2, 0.25) is 15.9 Å². The lowest BCUT2D eigenvalue weighted by molar-refractivity contribution is -0.116. The van der Waals surface area contributed by atoms with Crippen molar-refractivity contribution < 1.29 is 17.9 Å². The quantitative estimate of drug-likeness (QED) is 0.837. The number of hydrogen-bond donors (Lipinski definition) is 2. The number of nitrogens with two attached hydrogens (primary N) is 1. The van der Waals surface area contributed by atoms with Crippen molar-refractivity contribution in [2.75, 3.05) is 11.9 Å². The van der Waals surface area contributed by atoms with Gasteiger partial charge in [-0.2, -0.15) is 0 Å². The summed E-state index contributed by atoms with van der Waals surface area (Å²) in [5.41, 5.74) is 2.54. The third-order valence-corrected chi connectivity index (χ3v) is 4.50. The van der Waals surface area contributed by atoms with Crippen LogP contribution in [0.25, 0.3) is 0 Å². The molecule has 2 aromatic carbocycles. The molecular weight excluding hydrogens is 328 g/mol. The third-order valence-electron chi connectivity index (χ3n) is 3.59. The number of amides is 1. The molecule has 0 fully saturated rings. The first-order valence-corrected chi connectivity index (χ1v) is 8.94. The number of carbonyl (C=O) groups excluding carboxylic acids is 1. The SMILES string of the molecule is Cc1cccc(OCCC(=O)Nc2cccc(S(N)(=O)=O)c2)c1C. The van der Waals surface area contributed by atoms with Crippen LogP contribution < -0.4 is 15.2 Å². The van der Waals surface area contributed by atoms with Crippen molar-refractivity contribution in [3.8, 4) is 5.75 Å². The van der Waals surface area contributed by atoms with Gasteiger partial charge in [-0.1, -0.05) is 18.2 Å². The second-order valence-corrected chi connectivity index (χ2v) is 6.98. The lowest BCUT2D eigenvalue weighted by Gasteiger charge is -2.11. The summed E-state index contributed by atoms with van der Waals surface area (Å²) in [6.45, 7) is 4.18. The molecule has 2 aromatic rings. The molecule has 6 nitrogen and oxygen atoms in total. The topological polar surface area (TPSA) is 98.5 Å². The zero-order chi connectivity index (χ0) is 17.7. The fourth-order valence-electron chi connectivity index (χ4n) is 2.11. The predicted octanol–water partition coefficient (Wildman–Crippen LogP) is 2.36. The number of ether oxygens (including phenoxy) is 1. The van der Waals surface area contributed by atoms with Gasteiger partial charge in [0.15, 0.2) is 0 Å². The number of rotatable bonds is 6. The molecule has 0 aliphatic rings. The lowest BCUT2D eigenvalue weighted by Crippen LogP contribution is -2.16. The maximum absolute atomic E-state index is 11.9. The minimum atomic E-state index is -3.80. The van der Waals surface area contributed by atoms with E-state index in [1.807, 2.05) is 32.0 Å². The highest BCUT2D eigenvalue weighted by Gasteiger charge is 2.10. The number of nitrogens with one attached hydrogen (secondary N) is 1. The molecule has 7 heteroatoms. The highest BCUT2D eigenvalue weighted by molar-refractivity contribution is 7.89. The van der Waals surface area contributed by atoms with Gasteiger partial charge in [0.05, 0.1) is 17.9 Å². The summed E-state index contributed by atoms with van der Waals surface area (Å²) < 4.78 is 28.2. The molecule has 0 aromatic heterocycles. The number of sulfonamides is 1. The molecule has 0 saturated carbocycles. The molecule has 0 aliphatic carbocycles. The molecule has 24 heavy (non-hydrogen) atoms. The van der Waals surface area contributed by atoms with Gasteiger partial charge in [0.25, 0.3) is 0 Å². The zero-order valence-electron chi connectivity index (χ0n) is 13.6. The summed E-state index contributed by atoms with van der Waals surface area (Å²) in [6.07, 6.45) is 0.146. The van der Waals surface area contributed by atoms with Crippen LogP contribution in [0.1, 0.15) is 17.5 Å². The Balaban J connectivity index is 1.91. The number of carbonyl (C=O) groups is 1. The average Bonchev–Trinajstić information content (AvgIpc) is 2.51. The summed E-state index contributed by atoms with van der Waals surface area (Å²) in [6, 6.07) is 11.5. The Morgan fingerprint density at radius 1 is 1.17 bits per heavy atom. The van der Waals surface area contributed by atoms with Crippen molar-refractivity contribution >= 4 is 21.6 Å². The Labute approximate surface area is 141 Å². The van der Waals surface area contributed by atoms with Gasteiger partial charge >= 0.3 is 0 Å². The summed E-state index contributed by atoms with van der Waals surface area (Å²) >= 11 is 0. The molecule has 0 heterocycles. The van der Waals surface area contributed by atoms with E-state index in [0.717, 1.165) is 16.9 Å². The Morgan fingerprint density at radius 2 is 1.88 bits per heavy atom. The number of aryl methyl sites for hydroxylation is 1. The van der Waals surface area contributed by atoms with E-state index in [9.17, 15) is 13.2 Å². The van der Waals surface area contributed by atoms with E-state index in [2.05, 4.69) is 5.32 Å². The summed E-state index contributed by atoms with van der Waals surface area (Å²) in [5.74, 6) is 0.478. The molecule has 0 aliphatic heterocycles. The Bertz CT molecular complexity index is 847. The van der Waals surface area contributed by atoms with Crippen LogP contribution in [0.2, 0.25) is 0 Å². The Hall–Kier alpha value is -2.38. The molecule has 1 amide bonds. The highest BCUT2D eigenvalue weighted by Crippen LogP contribution is 2.20. The van der Waals surface area contributed by atoms with E-state index in [-0.39, 0.29) is 23.8 Å². The average molecular weight is 348 g/mol. The van der Waals surface area contributed by atoms with E-state index >= 15 is 0 Å². The molecule has 0 atom stereocenters. The van der Waals surface area contributed by atoms with Crippen molar-refractivity contribution in [3.63, 3.8) is 0 Å². The van der Waals surface area contributed by atoms with Crippen LogP contribution in [-0.2, 0) is 14.8 Å². The van der Waals surface area contributed by atoms with Crippen molar-refractivity contribution in [1.82, 2.24) is 0 Å². The van der Waals surface area contributed by atoms with Crippen LogP contribution >= 0.6 is 0 Å². The van der Waals surface area contributed by atoms with Gasteiger partial charge in [-0.15, -0.1) is 0 Å². The normalized spacial score (nSPS) is 11.1. The van der Waals surface area contributed by atoms with Crippen molar-refractivity contribution in [2.24, 2.45) is 5.14 Å². The van der Waals surface area contributed by atoms with E-state index in [1.165, 1.54) is 18.2 Å². The van der Waals surface area contributed by atoms with Gasteiger partial charge in [-0.05, 0) is 49.2 Å². The minimum Gasteiger partial charge on any atom is -0.493 e. The third kappa shape index (κ3) is 4.81. The fraction of sp³-hybridized carbons (Fsp3) is 0.235. The first-order valence-electron chi connectivity index (χ1n) is 7.39. The second-order valence-electron chi connectivity index (χ2n) is 5.42. The molecular formula is C17H20N2O4S. The first kappa shape index (κ1) is 18.0. The van der Waals surface area contributed by atoms with Gasteiger partial charge in [0, 0.05) is 5.69 Å². The van der Waals surface area contributed by atoms with Crippen LogP contribution in [0.15, 0.2) is 47.4 Å². The van der Waals surface area contributed by atoms with Crippen molar-refractivity contribution in [3.05, 3.63) is 53.6 Å². The van der Waals surface area contributed by atoms with Crippen LogP contribution in [-0.4, -0.2) is 20.9 Å². The smallest absolute Gasteiger partial charge is 0.238 e. The predicted molar refractivity (Wildman–Crippen MR) is 92.5 cm³/mol. The van der Waals surface area contributed by atoms with Crippen LogP contribution in [0, 0.1) is 13.8 Å². The van der Waals surface area contributed by atoms with Gasteiger partial charge in [0.1, 0.15) is 5.75 Å². The van der Waals surface area contributed by atoms with Gasteiger partial charge < -0.3 is 10.1 Å². The second kappa shape index (κ2) is 7.46. The first-order chi connectivity index (χ1) is 11.3. The van der Waals surface area contributed by atoms with Crippen LogP contribution in [0.3, 0.4) is 0 Å². The van der Waals surface area contributed by atoms with Crippen molar-refractivity contribution in [2.45, 2.75) is 25.2 Å². The summed E-state index contributed by atoms with van der Waals surface area (Å²) in [4.78, 5) is 11.9. The number of anilines is 1. The van der Waals surface area contributed by atoms with Crippen LogP contribution in [0.4, 0.5) is 5.69 Å². The molecule has 3 N–H and O–H groups in total. The largest absolute Gasteiger partial charge is 0.493 e. The maximum atomic E-state index is 11.9. The molecule has 0 saturated heterocycles.